The number of halogens is 1. The third-order valence-electron chi connectivity index (χ3n) is 5.45. The molecule has 7 nitrogen and oxygen atoms in total. The Hall–Kier alpha value is -3.56. The monoisotopic (exact) mass is 580 g/mol. The fourth-order valence-corrected chi connectivity index (χ4v) is 5.10. The minimum absolute atomic E-state index is 0.132. The van der Waals surface area contributed by atoms with Crippen molar-refractivity contribution in [2.45, 2.75) is 20.5 Å². The van der Waals surface area contributed by atoms with Crippen molar-refractivity contribution < 1.29 is 24.2 Å². The van der Waals surface area contributed by atoms with E-state index in [2.05, 4.69) is 20.9 Å². The molecule has 1 fully saturated rings. The van der Waals surface area contributed by atoms with Crippen LogP contribution in [0.2, 0.25) is 0 Å². The van der Waals surface area contributed by atoms with E-state index in [1.165, 1.54) is 34.4 Å². The van der Waals surface area contributed by atoms with E-state index in [1.54, 1.807) is 25.3 Å². The summed E-state index contributed by atoms with van der Waals surface area (Å²) in [6.07, 6.45) is 1.77. The van der Waals surface area contributed by atoms with Gasteiger partial charge in [-0.2, -0.15) is 0 Å². The number of ether oxygens (including phenoxy) is 2. The fraction of sp³-hybridized carbons (Fsp3) is 0.179. The number of rotatable bonds is 8. The molecule has 0 saturated carbocycles. The number of amidine groups is 1. The molecular weight excluding hydrogens is 556 g/mol. The predicted octanol–water partition coefficient (Wildman–Crippen LogP) is 6.67. The predicted molar refractivity (Wildman–Crippen MR) is 150 cm³/mol. The highest BCUT2D eigenvalue weighted by Crippen LogP contribution is 2.40. The molecule has 0 spiro atoms. The first-order valence-corrected chi connectivity index (χ1v) is 13.1. The highest BCUT2D eigenvalue weighted by Gasteiger charge is 2.30. The first-order chi connectivity index (χ1) is 17.7. The van der Waals surface area contributed by atoms with Crippen LogP contribution in [0.25, 0.3) is 6.08 Å². The van der Waals surface area contributed by atoms with E-state index < -0.39 is 5.97 Å². The van der Waals surface area contributed by atoms with E-state index in [0.29, 0.717) is 44.9 Å². The Balaban J connectivity index is 1.59. The molecule has 0 aliphatic carbocycles. The topological polar surface area (TPSA) is 88.4 Å². The zero-order valence-electron chi connectivity index (χ0n) is 20.5. The minimum Gasteiger partial charge on any atom is -0.490 e. The molecule has 0 radical (unpaired) electrons. The summed E-state index contributed by atoms with van der Waals surface area (Å²) in [4.78, 5) is 30.6. The van der Waals surface area contributed by atoms with Crippen molar-refractivity contribution in [3.05, 3.63) is 92.3 Å². The summed E-state index contributed by atoms with van der Waals surface area (Å²) in [5.41, 5.74) is 3.58. The quantitative estimate of drug-likeness (QED) is 0.299. The summed E-state index contributed by atoms with van der Waals surface area (Å²) in [6.45, 7) is 4.78. The van der Waals surface area contributed by atoms with Crippen LogP contribution >= 0.6 is 27.7 Å². The first kappa shape index (κ1) is 26.5. The number of hydrogen-bond donors (Lipinski definition) is 1. The molecule has 1 aliphatic rings. The van der Waals surface area contributed by atoms with Crippen LogP contribution < -0.4 is 9.47 Å². The molecule has 1 amide bonds. The number of carboxylic acid groups (broad SMARTS) is 1. The first-order valence-electron chi connectivity index (χ1n) is 11.5. The summed E-state index contributed by atoms with van der Waals surface area (Å²) >= 11 is 4.82. The Morgan fingerprint density at radius 2 is 1.89 bits per heavy atom. The molecule has 0 bridgehead atoms. The normalized spacial score (nSPS) is 15.5. The van der Waals surface area contributed by atoms with E-state index in [-0.39, 0.29) is 11.5 Å². The Bertz CT molecular complexity index is 1400. The molecule has 0 atom stereocenters. The SMILES string of the molecule is CCOc1cc(C=C2SC(=Nc3cccc(C(=O)O)c3)N(C)C2=O)cc(Br)c1OCc1ccc(C)cc1. The van der Waals surface area contributed by atoms with Gasteiger partial charge in [-0.3, -0.25) is 9.69 Å². The maximum absolute atomic E-state index is 12.9. The van der Waals surface area contributed by atoms with Gasteiger partial charge >= 0.3 is 5.97 Å². The lowest BCUT2D eigenvalue weighted by Gasteiger charge is -2.15. The van der Waals surface area contributed by atoms with E-state index in [1.807, 2.05) is 50.2 Å². The van der Waals surface area contributed by atoms with Gasteiger partial charge in [0.15, 0.2) is 16.7 Å². The molecule has 3 aromatic carbocycles. The average Bonchev–Trinajstić information content (AvgIpc) is 3.12. The third-order valence-corrected chi connectivity index (χ3v) is 7.10. The van der Waals surface area contributed by atoms with Gasteiger partial charge in [-0.25, -0.2) is 9.79 Å². The van der Waals surface area contributed by atoms with Gasteiger partial charge < -0.3 is 14.6 Å². The van der Waals surface area contributed by atoms with Crippen molar-refractivity contribution in [2.75, 3.05) is 13.7 Å². The number of thioether (sulfide) groups is 1. The maximum Gasteiger partial charge on any atom is 0.335 e. The molecule has 3 aromatic rings. The Kier molecular flexibility index (Phi) is 8.35. The second-order valence-electron chi connectivity index (χ2n) is 8.26. The van der Waals surface area contributed by atoms with Crippen LogP contribution in [0.5, 0.6) is 11.5 Å². The van der Waals surface area contributed by atoms with E-state index in [0.717, 1.165) is 11.1 Å². The molecule has 37 heavy (non-hydrogen) atoms. The van der Waals surface area contributed by atoms with Gasteiger partial charge in [-0.15, -0.1) is 0 Å². The van der Waals surface area contributed by atoms with Crippen molar-refractivity contribution in [2.24, 2.45) is 4.99 Å². The van der Waals surface area contributed by atoms with Crippen molar-refractivity contribution in [3.63, 3.8) is 0 Å². The molecule has 1 aliphatic heterocycles. The largest absolute Gasteiger partial charge is 0.490 e. The number of carboxylic acids is 1. The fourth-order valence-electron chi connectivity index (χ4n) is 3.54. The van der Waals surface area contributed by atoms with Gasteiger partial charge in [-0.05, 0) is 89.1 Å². The third kappa shape index (κ3) is 6.42. The van der Waals surface area contributed by atoms with Crippen LogP contribution in [0.1, 0.15) is 34.0 Å². The molecule has 4 rings (SSSR count). The van der Waals surface area contributed by atoms with Crippen molar-refractivity contribution in [1.29, 1.82) is 0 Å². The summed E-state index contributed by atoms with van der Waals surface area (Å²) in [7, 11) is 1.64. The zero-order valence-corrected chi connectivity index (χ0v) is 22.9. The van der Waals surface area contributed by atoms with E-state index >= 15 is 0 Å². The molecule has 0 unspecified atom stereocenters. The molecule has 9 heteroatoms. The highest BCUT2D eigenvalue weighted by atomic mass is 79.9. The van der Waals surface area contributed by atoms with Crippen LogP contribution in [0.15, 0.2) is 75.0 Å². The molecule has 1 heterocycles. The number of aliphatic imine (C=N–C) groups is 1. The van der Waals surface area contributed by atoms with Crippen molar-refractivity contribution in [1.82, 2.24) is 4.90 Å². The standard InChI is InChI=1S/C28H25BrN2O5S/c1-4-35-23-13-19(12-22(29)25(23)36-16-18-10-8-17(2)9-11-18)14-24-26(32)31(3)28(37-24)30-21-7-5-6-20(15-21)27(33)34/h5-15H,4,16H2,1-3H3,(H,33,34). The van der Waals surface area contributed by atoms with Crippen LogP contribution in [-0.4, -0.2) is 40.7 Å². The van der Waals surface area contributed by atoms with Crippen molar-refractivity contribution >= 4 is 56.5 Å². The summed E-state index contributed by atoms with van der Waals surface area (Å²) < 4.78 is 12.6. The number of amides is 1. The number of hydrogen-bond acceptors (Lipinski definition) is 6. The molecule has 190 valence electrons. The van der Waals surface area contributed by atoms with Gasteiger partial charge in [0, 0.05) is 7.05 Å². The molecule has 1 N–H and O–H groups in total. The number of aryl methyl sites for hydroxylation is 1. The van der Waals surface area contributed by atoms with E-state index in [9.17, 15) is 14.7 Å². The lowest BCUT2D eigenvalue weighted by Crippen LogP contribution is -2.23. The van der Waals surface area contributed by atoms with Gasteiger partial charge in [0.05, 0.1) is 27.2 Å². The summed E-state index contributed by atoms with van der Waals surface area (Å²) in [5, 5.41) is 9.68. The smallest absolute Gasteiger partial charge is 0.335 e. The summed E-state index contributed by atoms with van der Waals surface area (Å²) in [5.74, 6) is -0.0771. The zero-order chi connectivity index (χ0) is 26.5. The molecule has 0 aromatic heterocycles. The van der Waals surface area contributed by atoms with Gasteiger partial charge in [0.1, 0.15) is 6.61 Å². The number of carbonyl (C=O) groups is 2. The average molecular weight is 581 g/mol. The van der Waals surface area contributed by atoms with Gasteiger partial charge in [0.25, 0.3) is 5.91 Å². The van der Waals surface area contributed by atoms with Crippen LogP contribution in [0.3, 0.4) is 0 Å². The molecular formula is C28H25BrN2O5S. The Labute approximate surface area is 227 Å². The number of benzene rings is 3. The van der Waals surface area contributed by atoms with Crippen LogP contribution in [0.4, 0.5) is 5.69 Å². The number of likely N-dealkylation sites (N-methyl/N-ethyl adjacent to an activating group) is 1. The Morgan fingerprint density at radius 1 is 1.14 bits per heavy atom. The molecule has 1 saturated heterocycles. The van der Waals surface area contributed by atoms with Crippen LogP contribution in [-0.2, 0) is 11.4 Å². The highest BCUT2D eigenvalue weighted by molar-refractivity contribution is 9.10. The second-order valence-corrected chi connectivity index (χ2v) is 10.1. The van der Waals surface area contributed by atoms with E-state index in [4.69, 9.17) is 9.47 Å². The van der Waals surface area contributed by atoms with Crippen molar-refractivity contribution in [3.8, 4) is 11.5 Å². The van der Waals surface area contributed by atoms with Gasteiger partial charge in [0.2, 0.25) is 0 Å². The number of carbonyl (C=O) groups excluding carboxylic acids is 1. The lowest BCUT2D eigenvalue weighted by atomic mass is 10.1. The maximum atomic E-state index is 12.9. The van der Waals surface area contributed by atoms with Gasteiger partial charge in [-0.1, -0.05) is 35.9 Å². The number of aromatic carboxylic acids is 1. The summed E-state index contributed by atoms with van der Waals surface area (Å²) in [6, 6.07) is 18.1. The number of nitrogens with zero attached hydrogens (tertiary/aromatic N) is 2. The lowest BCUT2D eigenvalue weighted by molar-refractivity contribution is -0.121. The second kappa shape index (κ2) is 11.7. The van der Waals surface area contributed by atoms with Crippen LogP contribution in [0, 0.1) is 6.92 Å². The Morgan fingerprint density at radius 3 is 2.59 bits per heavy atom. The minimum atomic E-state index is -1.03.